The summed E-state index contributed by atoms with van der Waals surface area (Å²) in [5.41, 5.74) is 1.20. The summed E-state index contributed by atoms with van der Waals surface area (Å²) in [4.78, 5) is 0. The number of hydrogen-bond acceptors (Lipinski definition) is 4. The van der Waals surface area contributed by atoms with Gasteiger partial charge in [-0.05, 0) is 39.2 Å². The fraction of sp³-hybridized carbons (Fsp3) is 0.857. The minimum Gasteiger partial charge on any atom is -0.382 e. The molecule has 1 rings (SSSR count). The molecule has 0 aliphatic rings. The van der Waals surface area contributed by atoms with Crippen molar-refractivity contribution in [2.45, 2.75) is 59.0 Å². The number of ether oxygens (including phenoxy) is 1. The Hall–Kier alpha value is -0.940. The summed E-state index contributed by atoms with van der Waals surface area (Å²) < 4.78 is 7.44. The van der Waals surface area contributed by atoms with Crippen molar-refractivity contribution in [3.05, 3.63) is 11.9 Å². The molecule has 0 fully saturated rings. The van der Waals surface area contributed by atoms with Crippen molar-refractivity contribution in [1.29, 1.82) is 0 Å². The van der Waals surface area contributed by atoms with Gasteiger partial charge in [0.2, 0.25) is 0 Å². The molecule has 1 aromatic rings. The molecule has 0 spiro atoms. The van der Waals surface area contributed by atoms with Crippen LogP contribution in [0.5, 0.6) is 0 Å². The van der Waals surface area contributed by atoms with Crippen molar-refractivity contribution in [1.82, 2.24) is 20.3 Å². The normalized spacial score (nSPS) is 12.8. The molecule has 19 heavy (non-hydrogen) atoms. The Morgan fingerprint density at radius 2 is 2.16 bits per heavy atom. The maximum atomic E-state index is 5.42. The third kappa shape index (κ3) is 5.70. The molecule has 0 amide bonds. The topological polar surface area (TPSA) is 52.0 Å². The highest BCUT2D eigenvalue weighted by Gasteiger charge is 2.15. The van der Waals surface area contributed by atoms with Gasteiger partial charge in [-0.1, -0.05) is 19.1 Å². The Bertz CT molecular complexity index is 327. The van der Waals surface area contributed by atoms with Gasteiger partial charge in [0.25, 0.3) is 0 Å². The fourth-order valence-corrected chi connectivity index (χ4v) is 2.13. The summed E-state index contributed by atoms with van der Waals surface area (Å²) in [7, 11) is 0. The Kier molecular flexibility index (Phi) is 8.41. The third-order valence-electron chi connectivity index (χ3n) is 3.07. The molecule has 0 aliphatic carbocycles. The van der Waals surface area contributed by atoms with Gasteiger partial charge in [-0.15, -0.1) is 5.10 Å². The van der Waals surface area contributed by atoms with E-state index in [1.807, 2.05) is 17.8 Å². The second kappa shape index (κ2) is 9.92. The Morgan fingerprint density at radius 3 is 2.84 bits per heavy atom. The quantitative estimate of drug-likeness (QED) is 0.627. The smallest absolute Gasteiger partial charge is 0.0756 e. The minimum atomic E-state index is 0.335. The van der Waals surface area contributed by atoms with Crippen molar-refractivity contribution < 1.29 is 4.74 Å². The zero-order valence-electron chi connectivity index (χ0n) is 12.6. The summed E-state index contributed by atoms with van der Waals surface area (Å²) in [6.07, 6.45) is 6.24. The van der Waals surface area contributed by atoms with Gasteiger partial charge >= 0.3 is 0 Å². The van der Waals surface area contributed by atoms with E-state index in [-0.39, 0.29) is 0 Å². The second-order valence-electron chi connectivity index (χ2n) is 4.73. The van der Waals surface area contributed by atoms with E-state index in [4.69, 9.17) is 4.74 Å². The maximum Gasteiger partial charge on any atom is 0.0756 e. The monoisotopic (exact) mass is 268 g/mol. The molecule has 1 aromatic heterocycles. The average molecular weight is 268 g/mol. The van der Waals surface area contributed by atoms with Crippen molar-refractivity contribution in [3.63, 3.8) is 0 Å². The molecule has 110 valence electrons. The average Bonchev–Trinajstić information content (AvgIpc) is 2.87. The number of rotatable bonds is 11. The lowest BCUT2D eigenvalue weighted by Gasteiger charge is -2.19. The lowest BCUT2D eigenvalue weighted by Crippen LogP contribution is -2.25. The minimum absolute atomic E-state index is 0.335. The predicted octanol–water partition coefficient (Wildman–Crippen LogP) is 2.55. The van der Waals surface area contributed by atoms with E-state index < -0.39 is 0 Å². The van der Waals surface area contributed by atoms with Crippen LogP contribution in [0.15, 0.2) is 6.20 Å². The Morgan fingerprint density at radius 1 is 1.32 bits per heavy atom. The van der Waals surface area contributed by atoms with Gasteiger partial charge in [0.15, 0.2) is 0 Å². The molecule has 0 radical (unpaired) electrons. The maximum absolute atomic E-state index is 5.42. The number of nitrogens with zero attached hydrogens (tertiary/aromatic N) is 3. The van der Waals surface area contributed by atoms with Gasteiger partial charge in [0, 0.05) is 19.8 Å². The highest BCUT2D eigenvalue weighted by atomic mass is 16.5. The predicted molar refractivity (Wildman–Crippen MR) is 77.1 cm³/mol. The highest BCUT2D eigenvalue weighted by Crippen LogP contribution is 2.18. The molecular formula is C14H28N4O. The highest BCUT2D eigenvalue weighted by molar-refractivity contribution is 5.02. The van der Waals surface area contributed by atoms with Gasteiger partial charge in [0.1, 0.15) is 0 Å². The van der Waals surface area contributed by atoms with Crippen LogP contribution in [0.1, 0.15) is 58.2 Å². The van der Waals surface area contributed by atoms with Crippen LogP contribution in [0.2, 0.25) is 0 Å². The molecule has 0 saturated heterocycles. The fourth-order valence-electron chi connectivity index (χ4n) is 2.13. The van der Waals surface area contributed by atoms with E-state index >= 15 is 0 Å². The molecule has 0 aromatic carbocycles. The summed E-state index contributed by atoms with van der Waals surface area (Å²) in [5.74, 6) is 0. The summed E-state index contributed by atoms with van der Waals surface area (Å²) in [6, 6.07) is 0.335. The molecule has 0 saturated carbocycles. The van der Waals surface area contributed by atoms with Gasteiger partial charge in [0.05, 0.1) is 17.9 Å². The third-order valence-corrected chi connectivity index (χ3v) is 3.07. The number of nitrogens with one attached hydrogen (secondary N) is 1. The SMILES string of the molecule is CCCNC(CCCOCC)c1cnnn1CCC. The summed E-state index contributed by atoms with van der Waals surface area (Å²) in [6.45, 7) is 9.97. The molecule has 5 nitrogen and oxygen atoms in total. The van der Waals surface area contributed by atoms with Crippen LogP contribution in [0.3, 0.4) is 0 Å². The number of aryl methyl sites for hydroxylation is 1. The van der Waals surface area contributed by atoms with Crippen LogP contribution < -0.4 is 5.32 Å². The standard InChI is InChI=1S/C14H28N4O/c1-4-9-15-13(8-7-11-19-6-3)14-12-16-17-18(14)10-5-2/h12-13,15H,4-11H2,1-3H3. The zero-order valence-corrected chi connectivity index (χ0v) is 12.6. The van der Waals surface area contributed by atoms with Crippen LogP contribution in [-0.4, -0.2) is 34.8 Å². The second-order valence-corrected chi connectivity index (χ2v) is 4.73. The van der Waals surface area contributed by atoms with Crippen molar-refractivity contribution in [3.8, 4) is 0 Å². The number of aromatic nitrogens is 3. The molecule has 1 N–H and O–H groups in total. The zero-order chi connectivity index (χ0) is 13.9. The van der Waals surface area contributed by atoms with Crippen LogP contribution >= 0.6 is 0 Å². The Labute approximate surface area is 116 Å². The summed E-state index contributed by atoms with van der Waals surface area (Å²) >= 11 is 0. The first kappa shape index (κ1) is 16.1. The number of hydrogen-bond donors (Lipinski definition) is 1. The molecule has 1 atom stereocenters. The lowest BCUT2D eigenvalue weighted by molar-refractivity contribution is 0.140. The first-order chi connectivity index (χ1) is 9.33. The van der Waals surface area contributed by atoms with Crippen LogP contribution in [0, 0.1) is 0 Å². The molecule has 0 bridgehead atoms. The van der Waals surface area contributed by atoms with Crippen molar-refractivity contribution in [2.24, 2.45) is 0 Å². The van der Waals surface area contributed by atoms with Crippen LogP contribution in [0.4, 0.5) is 0 Å². The molecule has 1 heterocycles. The van der Waals surface area contributed by atoms with E-state index in [1.54, 1.807) is 0 Å². The van der Waals surface area contributed by atoms with Crippen molar-refractivity contribution >= 4 is 0 Å². The van der Waals surface area contributed by atoms with Gasteiger partial charge < -0.3 is 10.1 Å². The lowest BCUT2D eigenvalue weighted by atomic mass is 10.1. The van der Waals surface area contributed by atoms with Gasteiger partial charge in [-0.25, -0.2) is 4.68 Å². The molecule has 0 aliphatic heterocycles. The van der Waals surface area contributed by atoms with Gasteiger partial charge in [-0.2, -0.15) is 0 Å². The summed E-state index contributed by atoms with van der Waals surface area (Å²) in [5, 5.41) is 11.8. The van der Waals surface area contributed by atoms with Crippen LogP contribution in [-0.2, 0) is 11.3 Å². The molecule has 1 unspecified atom stereocenters. The van der Waals surface area contributed by atoms with E-state index in [0.717, 1.165) is 52.0 Å². The van der Waals surface area contributed by atoms with Gasteiger partial charge in [-0.3, -0.25) is 0 Å². The van der Waals surface area contributed by atoms with E-state index in [2.05, 4.69) is 29.5 Å². The van der Waals surface area contributed by atoms with E-state index in [0.29, 0.717) is 6.04 Å². The molecule has 5 heteroatoms. The molecular weight excluding hydrogens is 240 g/mol. The largest absolute Gasteiger partial charge is 0.382 e. The van der Waals surface area contributed by atoms with E-state index in [9.17, 15) is 0 Å². The first-order valence-corrected chi connectivity index (χ1v) is 7.52. The van der Waals surface area contributed by atoms with Crippen LogP contribution in [0.25, 0.3) is 0 Å². The van der Waals surface area contributed by atoms with E-state index in [1.165, 1.54) is 5.69 Å². The first-order valence-electron chi connectivity index (χ1n) is 7.52. The van der Waals surface area contributed by atoms with Crippen molar-refractivity contribution in [2.75, 3.05) is 19.8 Å². The Balaban J connectivity index is 2.57.